The lowest BCUT2D eigenvalue weighted by Gasteiger charge is -2.26. The molecule has 1 saturated heterocycles. The maximum atomic E-state index is 14.6. The summed E-state index contributed by atoms with van der Waals surface area (Å²) in [7, 11) is 0. The van der Waals surface area contributed by atoms with Crippen molar-refractivity contribution in [3.05, 3.63) is 83.0 Å². The minimum atomic E-state index is -0.730. The largest absolute Gasteiger partial charge is 0.372 e. The standard InChI is InChI=1S/C34H31BrN10O4/c1-17-15-49-16-20-4-5-29(35)41-32(20)42-33(48)25-7-34(8-28(34)40-25)31(45-13-22(17)11-39-45)27(47)14-44-26-12-38-24(21-9-36-19(3)37-10-21)6-23(26)30(43-44)18(2)46/h4-6,9-13,25,28,31,40H,1,7-8,14-16H2,2-3H3,(H,41,42,48)/t25-,28+,31?,34-/m0/s1. The van der Waals surface area contributed by atoms with Crippen LogP contribution in [0.3, 0.4) is 0 Å². The zero-order valence-corrected chi connectivity index (χ0v) is 28.3. The van der Waals surface area contributed by atoms with Crippen LogP contribution < -0.4 is 10.6 Å². The van der Waals surface area contributed by atoms with E-state index in [1.54, 1.807) is 48.5 Å². The molecular weight excluding hydrogens is 692 g/mol. The van der Waals surface area contributed by atoms with Gasteiger partial charge < -0.3 is 15.4 Å². The number of carbonyl (C=O) groups excluding carboxylic acids is 3. The fraction of sp³-hybridized carbons (Fsp3) is 0.324. The Morgan fingerprint density at radius 1 is 1.10 bits per heavy atom. The zero-order valence-electron chi connectivity index (χ0n) is 26.7. The normalized spacial score (nSPS) is 23.3. The Hall–Kier alpha value is -4.99. The topological polar surface area (TPSA) is 172 Å². The Morgan fingerprint density at radius 2 is 1.92 bits per heavy atom. The van der Waals surface area contributed by atoms with Crippen LogP contribution in [0.1, 0.15) is 53.2 Å². The summed E-state index contributed by atoms with van der Waals surface area (Å²) >= 11 is 3.40. The SMILES string of the molecule is C=C1COCc2ccc(Br)nc2NC(=O)[C@@H]2C[C@@]3(C[C@H]3N2)C(C(=O)Cn2nc(C(C)=O)c3cc(-c4cnc(C)nc4)ncc32)n2cc1cn2. The summed E-state index contributed by atoms with van der Waals surface area (Å²) in [5, 5.41) is 16.2. The molecule has 15 heteroatoms. The van der Waals surface area contributed by atoms with Crippen molar-refractivity contribution >= 4 is 55.7 Å². The van der Waals surface area contributed by atoms with Crippen LogP contribution in [0.4, 0.5) is 5.82 Å². The van der Waals surface area contributed by atoms with E-state index in [0.717, 1.165) is 11.1 Å². The van der Waals surface area contributed by atoms with E-state index < -0.39 is 17.5 Å². The van der Waals surface area contributed by atoms with Gasteiger partial charge in [0.15, 0.2) is 11.6 Å². The second kappa shape index (κ2) is 11.9. The van der Waals surface area contributed by atoms with Crippen LogP contribution in [0, 0.1) is 12.3 Å². The number of rotatable bonds is 5. The van der Waals surface area contributed by atoms with Crippen LogP contribution in [0.2, 0.25) is 0 Å². The van der Waals surface area contributed by atoms with Crippen LogP contribution in [-0.4, -0.2) is 75.7 Å². The number of hydrogen-bond acceptors (Lipinski definition) is 11. The van der Waals surface area contributed by atoms with E-state index in [1.807, 2.05) is 12.3 Å². The number of ether oxygens (including phenoxy) is 1. The Balaban J connectivity index is 1.15. The number of nitrogens with one attached hydrogen (secondary N) is 2. The van der Waals surface area contributed by atoms with Gasteiger partial charge in [-0.15, -0.1) is 0 Å². The van der Waals surface area contributed by atoms with Gasteiger partial charge in [0.05, 0.1) is 42.9 Å². The van der Waals surface area contributed by atoms with E-state index in [-0.39, 0.29) is 49.0 Å². The Kier molecular flexibility index (Phi) is 7.57. The van der Waals surface area contributed by atoms with E-state index in [4.69, 9.17) is 4.74 Å². The highest BCUT2D eigenvalue weighted by Gasteiger charge is 2.67. The van der Waals surface area contributed by atoms with E-state index in [0.29, 0.717) is 56.8 Å². The quantitative estimate of drug-likeness (QED) is 0.199. The number of carbonyl (C=O) groups is 3. The molecule has 1 amide bonds. The summed E-state index contributed by atoms with van der Waals surface area (Å²) in [6.45, 7) is 7.73. The van der Waals surface area contributed by atoms with E-state index in [9.17, 15) is 14.4 Å². The van der Waals surface area contributed by atoms with Gasteiger partial charge in [0.1, 0.15) is 34.5 Å². The molecule has 49 heavy (non-hydrogen) atoms. The summed E-state index contributed by atoms with van der Waals surface area (Å²) in [6, 6.07) is 4.06. The van der Waals surface area contributed by atoms with Crippen molar-refractivity contribution in [2.24, 2.45) is 5.41 Å². The molecule has 4 bridgehead atoms. The van der Waals surface area contributed by atoms with Gasteiger partial charge in [0, 0.05) is 59.0 Å². The molecule has 5 aromatic heterocycles. The van der Waals surface area contributed by atoms with E-state index in [1.165, 1.54) is 11.6 Å². The third-order valence-corrected chi connectivity index (χ3v) is 10.1. The lowest BCUT2D eigenvalue weighted by molar-refractivity contribution is -0.126. The molecule has 1 aliphatic carbocycles. The maximum absolute atomic E-state index is 14.6. The Labute approximate surface area is 288 Å². The molecule has 2 aliphatic heterocycles. The summed E-state index contributed by atoms with van der Waals surface area (Å²) in [6.07, 6.45) is 9.57. The molecule has 4 atom stereocenters. The molecule has 2 fully saturated rings. The molecule has 1 spiro atoms. The number of anilines is 1. The number of halogens is 1. The summed E-state index contributed by atoms with van der Waals surface area (Å²) < 4.78 is 9.76. The first-order chi connectivity index (χ1) is 23.6. The molecule has 0 aromatic carbocycles. The molecule has 2 N–H and O–H groups in total. The van der Waals surface area contributed by atoms with Gasteiger partial charge in [-0.2, -0.15) is 10.2 Å². The molecule has 248 valence electrons. The second-order valence-corrected chi connectivity index (χ2v) is 13.7. The summed E-state index contributed by atoms with van der Waals surface area (Å²) in [5.74, 6) is 0.395. The summed E-state index contributed by atoms with van der Waals surface area (Å²) in [4.78, 5) is 58.5. The molecule has 5 aromatic rings. The van der Waals surface area contributed by atoms with Crippen molar-refractivity contribution in [3.63, 3.8) is 0 Å². The maximum Gasteiger partial charge on any atom is 0.242 e. The highest BCUT2D eigenvalue weighted by molar-refractivity contribution is 9.10. The Bertz CT molecular complexity index is 2190. The molecule has 1 unspecified atom stereocenters. The molecule has 7 heterocycles. The third kappa shape index (κ3) is 5.56. The predicted octanol–water partition coefficient (Wildman–Crippen LogP) is 3.87. The fourth-order valence-electron chi connectivity index (χ4n) is 7.06. The van der Waals surface area contributed by atoms with Crippen molar-refractivity contribution in [3.8, 4) is 11.3 Å². The van der Waals surface area contributed by atoms with Crippen LogP contribution in [0.5, 0.6) is 0 Å². The van der Waals surface area contributed by atoms with Gasteiger partial charge in [-0.25, -0.2) is 15.0 Å². The number of pyridine rings is 2. The highest BCUT2D eigenvalue weighted by Crippen LogP contribution is 2.61. The first-order valence-corrected chi connectivity index (χ1v) is 16.6. The lowest BCUT2D eigenvalue weighted by atomic mass is 9.87. The first kappa shape index (κ1) is 31.3. The number of piperidine rings is 1. The molecule has 0 radical (unpaired) electrons. The van der Waals surface area contributed by atoms with Crippen LogP contribution in [-0.2, 0) is 27.5 Å². The third-order valence-electron chi connectivity index (χ3n) is 9.62. The van der Waals surface area contributed by atoms with Crippen LogP contribution in [0.15, 0.2) is 60.4 Å². The second-order valence-electron chi connectivity index (χ2n) is 12.9. The fourth-order valence-corrected chi connectivity index (χ4v) is 7.37. The zero-order chi connectivity index (χ0) is 34.0. The number of aryl methyl sites for hydroxylation is 1. The number of aromatic nitrogens is 8. The first-order valence-electron chi connectivity index (χ1n) is 15.8. The van der Waals surface area contributed by atoms with E-state index >= 15 is 0 Å². The Morgan fingerprint density at radius 3 is 2.71 bits per heavy atom. The van der Waals surface area contributed by atoms with Crippen LogP contribution >= 0.6 is 15.9 Å². The number of Topliss-reactive ketones (excluding diaryl/α,β-unsaturated/α-hetero) is 2. The van der Waals surface area contributed by atoms with Gasteiger partial charge in [-0.3, -0.25) is 28.7 Å². The van der Waals surface area contributed by atoms with Crippen LogP contribution in [0.25, 0.3) is 27.7 Å². The molecule has 3 aliphatic rings. The number of hydrogen-bond donors (Lipinski definition) is 2. The van der Waals surface area contributed by atoms with Crippen molar-refractivity contribution in [2.45, 2.75) is 58.0 Å². The van der Waals surface area contributed by atoms with Gasteiger partial charge in [-0.05, 0) is 53.4 Å². The van der Waals surface area contributed by atoms with Crippen molar-refractivity contribution in [1.82, 2.24) is 44.8 Å². The minimum absolute atomic E-state index is 0.0812. The van der Waals surface area contributed by atoms with Crippen molar-refractivity contribution in [1.29, 1.82) is 0 Å². The number of ketones is 2. The smallest absolute Gasteiger partial charge is 0.242 e. The number of amides is 1. The van der Waals surface area contributed by atoms with Crippen molar-refractivity contribution < 1.29 is 19.1 Å². The number of nitrogens with zero attached hydrogens (tertiary/aromatic N) is 8. The number of fused-ring (bicyclic) bond motifs is 5. The van der Waals surface area contributed by atoms with Crippen molar-refractivity contribution in [2.75, 3.05) is 11.9 Å². The minimum Gasteiger partial charge on any atom is -0.372 e. The molecule has 8 rings (SSSR count). The molecule has 1 saturated carbocycles. The highest BCUT2D eigenvalue weighted by atomic mass is 79.9. The molecular formula is C34H31BrN10O4. The van der Waals surface area contributed by atoms with E-state index in [2.05, 4.69) is 63.3 Å². The monoisotopic (exact) mass is 722 g/mol. The predicted molar refractivity (Wildman–Crippen MR) is 181 cm³/mol. The van der Waals surface area contributed by atoms with Gasteiger partial charge in [0.2, 0.25) is 5.91 Å². The average Bonchev–Trinajstić information content (AvgIpc) is 3.41. The van der Waals surface area contributed by atoms with Gasteiger partial charge >= 0.3 is 0 Å². The van der Waals surface area contributed by atoms with Gasteiger partial charge in [-0.1, -0.05) is 12.6 Å². The molecule has 14 nitrogen and oxygen atoms in total. The average molecular weight is 724 g/mol. The van der Waals surface area contributed by atoms with Gasteiger partial charge in [0.25, 0.3) is 0 Å². The summed E-state index contributed by atoms with van der Waals surface area (Å²) in [5.41, 5.74) is 3.66. The lowest BCUT2D eigenvalue weighted by Crippen LogP contribution is -2.39.